The monoisotopic (exact) mass is 363 g/mol. The molecule has 1 unspecified atom stereocenters. The van der Waals surface area contributed by atoms with E-state index in [4.69, 9.17) is 9.47 Å². The summed E-state index contributed by atoms with van der Waals surface area (Å²) in [5, 5.41) is 10.3. The molecule has 6 nitrogen and oxygen atoms in total. The lowest BCUT2D eigenvalue weighted by Crippen LogP contribution is -2.49. The van der Waals surface area contributed by atoms with Crippen LogP contribution in [0.1, 0.15) is 12.5 Å². The summed E-state index contributed by atoms with van der Waals surface area (Å²) in [6, 6.07) is 8.21. The van der Waals surface area contributed by atoms with Crippen LogP contribution in [-0.2, 0) is 11.3 Å². The Morgan fingerprint density at radius 2 is 1.77 bits per heavy atom. The lowest BCUT2D eigenvalue weighted by atomic mass is 10.2. The average Bonchev–Trinajstić information content (AvgIpc) is 2.68. The molecule has 2 fully saturated rings. The molecule has 146 valence electrons. The van der Waals surface area contributed by atoms with Gasteiger partial charge >= 0.3 is 0 Å². The summed E-state index contributed by atoms with van der Waals surface area (Å²) in [5.41, 5.74) is 1.24. The molecule has 2 heterocycles. The van der Waals surface area contributed by atoms with E-state index < -0.39 is 6.10 Å². The van der Waals surface area contributed by atoms with E-state index in [1.807, 2.05) is 12.1 Å². The molecule has 0 radical (unpaired) electrons. The van der Waals surface area contributed by atoms with E-state index in [1.54, 1.807) is 0 Å². The highest BCUT2D eigenvalue weighted by Gasteiger charge is 2.18. The zero-order chi connectivity index (χ0) is 18.2. The van der Waals surface area contributed by atoms with Crippen LogP contribution < -0.4 is 4.74 Å². The lowest BCUT2D eigenvalue weighted by molar-refractivity contribution is 0.0340. The van der Waals surface area contributed by atoms with Gasteiger partial charge in [0.1, 0.15) is 18.5 Å². The van der Waals surface area contributed by atoms with Gasteiger partial charge in [0.25, 0.3) is 0 Å². The Hall–Kier alpha value is -1.18. The summed E-state index contributed by atoms with van der Waals surface area (Å²) in [6.07, 6.45) is -0.453. The van der Waals surface area contributed by atoms with Crippen molar-refractivity contribution in [1.82, 2.24) is 14.7 Å². The summed E-state index contributed by atoms with van der Waals surface area (Å²) < 4.78 is 11.3. The van der Waals surface area contributed by atoms with Gasteiger partial charge in [0, 0.05) is 52.4 Å². The third-order valence-corrected chi connectivity index (χ3v) is 5.23. The SMILES string of the molecule is CCN1CCN(CC(O)COc2cccc(CN3CCOCC3)c2)CC1. The number of β-amino-alcohol motifs (C(OH)–C–C–N with tert-alkyl or cyclic N) is 1. The minimum Gasteiger partial charge on any atom is -0.491 e. The van der Waals surface area contributed by atoms with Gasteiger partial charge in [0.2, 0.25) is 0 Å². The second-order valence-electron chi connectivity index (χ2n) is 7.24. The Morgan fingerprint density at radius 1 is 1.04 bits per heavy atom. The molecule has 1 aromatic rings. The highest BCUT2D eigenvalue weighted by Crippen LogP contribution is 2.16. The third kappa shape index (κ3) is 6.21. The van der Waals surface area contributed by atoms with E-state index in [2.05, 4.69) is 33.8 Å². The largest absolute Gasteiger partial charge is 0.491 e. The number of hydrogen-bond donors (Lipinski definition) is 1. The zero-order valence-electron chi connectivity index (χ0n) is 16.0. The molecule has 2 saturated heterocycles. The fraction of sp³-hybridized carbons (Fsp3) is 0.700. The van der Waals surface area contributed by atoms with Crippen molar-refractivity contribution in [2.75, 3.05) is 72.2 Å². The maximum atomic E-state index is 10.3. The molecule has 2 aliphatic rings. The van der Waals surface area contributed by atoms with Crippen LogP contribution in [0.2, 0.25) is 0 Å². The predicted molar refractivity (Wildman–Crippen MR) is 103 cm³/mol. The molecular formula is C20H33N3O3. The standard InChI is InChI=1S/C20H33N3O3/c1-2-21-6-8-22(9-7-21)16-19(24)17-26-20-5-3-4-18(14-20)15-23-10-12-25-13-11-23/h3-5,14,19,24H,2,6-13,15-17H2,1H3. The molecule has 0 aromatic heterocycles. The van der Waals surface area contributed by atoms with Crippen molar-refractivity contribution in [3.8, 4) is 5.75 Å². The maximum Gasteiger partial charge on any atom is 0.119 e. The van der Waals surface area contributed by atoms with Crippen LogP contribution >= 0.6 is 0 Å². The number of likely N-dealkylation sites (N-methyl/N-ethyl adjacent to an activating group) is 1. The van der Waals surface area contributed by atoms with E-state index in [0.717, 1.165) is 71.3 Å². The first-order valence-electron chi connectivity index (χ1n) is 9.87. The molecule has 1 atom stereocenters. The van der Waals surface area contributed by atoms with Crippen molar-refractivity contribution in [2.45, 2.75) is 19.6 Å². The minimum absolute atomic E-state index is 0.342. The quantitative estimate of drug-likeness (QED) is 0.741. The summed E-state index contributed by atoms with van der Waals surface area (Å²) in [5.74, 6) is 0.839. The van der Waals surface area contributed by atoms with Gasteiger partial charge in [-0.3, -0.25) is 9.80 Å². The van der Waals surface area contributed by atoms with Crippen molar-refractivity contribution in [1.29, 1.82) is 0 Å². The lowest BCUT2D eigenvalue weighted by Gasteiger charge is -2.34. The van der Waals surface area contributed by atoms with Crippen LogP contribution in [0.15, 0.2) is 24.3 Å². The van der Waals surface area contributed by atoms with Gasteiger partial charge in [0.15, 0.2) is 0 Å². The van der Waals surface area contributed by atoms with Crippen molar-refractivity contribution < 1.29 is 14.6 Å². The molecule has 0 aliphatic carbocycles. The third-order valence-electron chi connectivity index (χ3n) is 5.23. The second-order valence-corrected chi connectivity index (χ2v) is 7.24. The topological polar surface area (TPSA) is 48.4 Å². The summed E-state index contributed by atoms with van der Waals surface area (Å²) in [4.78, 5) is 7.17. The van der Waals surface area contributed by atoms with Gasteiger partial charge in [0.05, 0.1) is 13.2 Å². The Balaban J connectivity index is 1.40. The first kappa shape index (κ1) is 19.6. The van der Waals surface area contributed by atoms with Crippen molar-refractivity contribution in [2.24, 2.45) is 0 Å². The number of nitrogens with zero attached hydrogens (tertiary/aromatic N) is 3. The van der Waals surface area contributed by atoms with Gasteiger partial charge in [-0.05, 0) is 24.2 Å². The van der Waals surface area contributed by atoms with Crippen molar-refractivity contribution >= 4 is 0 Å². The van der Waals surface area contributed by atoms with Crippen LogP contribution in [0.4, 0.5) is 0 Å². The van der Waals surface area contributed by atoms with E-state index in [0.29, 0.717) is 13.2 Å². The Labute approximate surface area is 157 Å². The smallest absolute Gasteiger partial charge is 0.119 e. The minimum atomic E-state index is -0.453. The Morgan fingerprint density at radius 3 is 2.50 bits per heavy atom. The van der Waals surface area contributed by atoms with Crippen LogP contribution in [0.3, 0.4) is 0 Å². The molecule has 6 heteroatoms. The maximum absolute atomic E-state index is 10.3. The van der Waals surface area contributed by atoms with E-state index in [-0.39, 0.29) is 0 Å². The number of morpholine rings is 1. The number of ether oxygens (including phenoxy) is 2. The fourth-order valence-corrected chi connectivity index (χ4v) is 3.58. The molecule has 1 aromatic carbocycles. The van der Waals surface area contributed by atoms with Crippen LogP contribution in [0.25, 0.3) is 0 Å². The molecule has 1 N–H and O–H groups in total. The number of benzene rings is 1. The van der Waals surface area contributed by atoms with E-state index >= 15 is 0 Å². The number of rotatable bonds is 8. The fourth-order valence-electron chi connectivity index (χ4n) is 3.58. The predicted octanol–water partition coefficient (Wildman–Crippen LogP) is 0.896. The Kier molecular flexibility index (Phi) is 7.70. The molecule has 0 spiro atoms. The first-order chi connectivity index (χ1) is 12.7. The van der Waals surface area contributed by atoms with E-state index in [9.17, 15) is 5.11 Å². The van der Waals surface area contributed by atoms with E-state index in [1.165, 1.54) is 5.56 Å². The summed E-state index contributed by atoms with van der Waals surface area (Å²) >= 11 is 0. The highest BCUT2D eigenvalue weighted by atomic mass is 16.5. The molecule has 26 heavy (non-hydrogen) atoms. The van der Waals surface area contributed by atoms with Crippen LogP contribution in [0, 0.1) is 0 Å². The summed E-state index contributed by atoms with van der Waals surface area (Å²) in [7, 11) is 0. The average molecular weight is 364 g/mol. The Bertz CT molecular complexity index is 529. The van der Waals surface area contributed by atoms with Crippen LogP contribution in [-0.4, -0.2) is 98.1 Å². The number of piperazine rings is 1. The number of hydrogen-bond acceptors (Lipinski definition) is 6. The molecule has 3 rings (SSSR count). The van der Waals surface area contributed by atoms with Gasteiger partial charge < -0.3 is 19.5 Å². The second kappa shape index (κ2) is 10.2. The van der Waals surface area contributed by atoms with Crippen molar-refractivity contribution in [3.63, 3.8) is 0 Å². The molecule has 0 amide bonds. The van der Waals surface area contributed by atoms with Gasteiger partial charge in [-0.15, -0.1) is 0 Å². The van der Waals surface area contributed by atoms with Crippen molar-refractivity contribution in [3.05, 3.63) is 29.8 Å². The number of aliphatic hydroxyl groups excluding tert-OH is 1. The van der Waals surface area contributed by atoms with Gasteiger partial charge in [-0.2, -0.15) is 0 Å². The molecule has 0 bridgehead atoms. The van der Waals surface area contributed by atoms with Gasteiger partial charge in [-0.1, -0.05) is 19.1 Å². The zero-order valence-corrected chi connectivity index (χ0v) is 16.0. The normalized spacial score (nSPS) is 21.6. The highest BCUT2D eigenvalue weighted by molar-refractivity contribution is 5.28. The molecule has 2 aliphatic heterocycles. The number of aliphatic hydroxyl groups is 1. The summed E-state index contributed by atoms with van der Waals surface area (Å²) in [6.45, 7) is 13.1. The van der Waals surface area contributed by atoms with Crippen LogP contribution in [0.5, 0.6) is 5.75 Å². The molecular weight excluding hydrogens is 330 g/mol. The molecule has 0 saturated carbocycles. The first-order valence-corrected chi connectivity index (χ1v) is 9.87. The van der Waals surface area contributed by atoms with Gasteiger partial charge in [-0.25, -0.2) is 0 Å².